The van der Waals surface area contributed by atoms with Crippen molar-refractivity contribution in [2.24, 2.45) is 0 Å². The maximum atomic E-state index is 5.88. The standard InChI is InChI=1S/C16H25NO/c1-5-17-15(16(18-4)10-7-11-16)14-9-6-8-12(2)13(14)3/h6,8-9,15,17H,5,7,10-11H2,1-4H3. The van der Waals surface area contributed by atoms with Gasteiger partial charge in [0.2, 0.25) is 0 Å². The van der Waals surface area contributed by atoms with Crippen LogP contribution >= 0.6 is 0 Å². The molecule has 100 valence electrons. The fourth-order valence-electron chi connectivity index (χ4n) is 3.01. The number of rotatable bonds is 5. The molecule has 1 aliphatic carbocycles. The van der Waals surface area contributed by atoms with Crippen LogP contribution in [0.15, 0.2) is 18.2 Å². The van der Waals surface area contributed by atoms with Crippen molar-refractivity contribution in [2.45, 2.75) is 51.7 Å². The Balaban J connectivity index is 2.38. The molecule has 0 amide bonds. The van der Waals surface area contributed by atoms with Crippen molar-refractivity contribution in [3.63, 3.8) is 0 Å². The van der Waals surface area contributed by atoms with Gasteiger partial charge in [-0.2, -0.15) is 0 Å². The lowest BCUT2D eigenvalue weighted by Crippen LogP contribution is -2.50. The molecule has 2 rings (SSSR count). The quantitative estimate of drug-likeness (QED) is 0.859. The number of methoxy groups -OCH3 is 1. The van der Waals surface area contributed by atoms with E-state index in [4.69, 9.17) is 4.74 Å². The van der Waals surface area contributed by atoms with Crippen LogP contribution < -0.4 is 5.32 Å². The summed E-state index contributed by atoms with van der Waals surface area (Å²) in [5.41, 5.74) is 4.17. The second kappa shape index (κ2) is 5.41. The van der Waals surface area contributed by atoms with Gasteiger partial charge in [-0.3, -0.25) is 0 Å². The Morgan fingerprint density at radius 2 is 2.06 bits per heavy atom. The number of aryl methyl sites for hydroxylation is 1. The summed E-state index contributed by atoms with van der Waals surface area (Å²) < 4.78 is 5.88. The van der Waals surface area contributed by atoms with E-state index in [0.29, 0.717) is 6.04 Å². The van der Waals surface area contributed by atoms with Crippen molar-refractivity contribution in [3.05, 3.63) is 34.9 Å². The minimum Gasteiger partial charge on any atom is -0.376 e. The molecular formula is C16H25NO. The van der Waals surface area contributed by atoms with E-state index in [1.54, 1.807) is 0 Å². The molecule has 1 aromatic rings. The summed E-state index contributed by atoms with van der Waals surface area (Å²) in [6.45, 7) is 7.54. The molecule has 1 N–H and O–H groups in total. The van der Waals surface area contributed by atoms with Crippen LogP contribution in [0.4, 0.5) is 0 Å². The summed E-state index contributed by atoms with van der Waals surface area (Å²) in [6, 6.07) is 6.90. The molecular weight excluding hydrogens is 222 g/mol. The first kappa shape index (κ1) is 13.6. The lowest BCUT2D eigenvalue weighted by Gasteiger charge is -2.47. The number of hydrogen-bond acceptors (Lipinski definition) is 2. The van der Waals surface area contributed by atoms with Crippen LogP contribution in [0.5, 0.6) is 0 Å². The number of benzene rings is 1. The summed E-state index contributed by atoms with van der Waals surface area (Å²) in [7, 11) is 1.86. The highest BCUT2D eigenvalue weighted by molar-refractivity contribution is 5.37. The Morgan fingerprint density at radius 1 is 1.33 bits per heavy atom. The van der Waals surface area contributed by atoms with Crippen LogP contribution in [0, 0.1) is 13.8 Å². The first-order valence-corrected chi connectivity index (χ1v) is 6.99. The largest absolute Gasteiger partial charge is 0.376 e. The van der Waals surface area contributed by atoms with Crippen LogP contribution in [0.2, 0.25) is 0 Å². The van der Waals surface area contributed by atoms with E-state index in [2.05, 4.69) is 44.3 Å². The third-order valence-electron chi connectivity index (χ3n) is 4.50. The van der Waals surface area contributed by atoms with Crippen molar-refractivity contribution in [1.29, 1.82) is 0 Å². The van der Waals surface area contributed by atoms with E-state index >= 15 is 0 Å². The predicted octanol–water partition coefficient (Wildman–Crippen LogP) is 3.52. The number of likely N-dealkylation sites (N-methyl/N-ethyl adjacent to an activating group) is 1. The van der Waals surface area contributed by atoms with Gasteiger partial charge in [-0.05, 0) is 56.3 Å². The van der Waals surface area contributed by atoms with Crippen LogP contribution in [0.3, 0.4) is 0 Å². The first-order chi connectivity index (χ1) is 8.64. The molecule has 0 heterocycles. The van der Waals surface area contributed by atoms with Gasteiger partial charge in [-0.25, -0.2) is 0 Å². The molecule has 2 nitrogen and oxygen atoms in total. The van der Waals surface area contributed by atoms with Crippen LogP contribution in [-0.2, 0) is 4.74 Å². The average Bonchev–Trinajstić information content (AvgIpc) is 2.31. The predicted molar refractivity (Wildman–Crippen MR) is 75.9 cm³/mol. The van der Waals surface area contributed by atoms with Gasteiger partial charge in [0.25, 0.3) is 0 Å². The monoisotopic (exact) mass is 247 g/mol. The van der Waals surface area contributed by atoms with Crippen LogP contribution in [0.1, 0.15) is 48.9 Å². The van der Waals surface area contributed by atoms with Crippen molar-refractivity contribution < 1.29 is 4.74 Å². The summed E-state index contributed by atoms with van der Waals surface area (Å²) in [4.78, 5) is 0. The van der Waals surface area contributed by atoms with E-state index in [0.717, 1.165) is 19.4 Å². The van der Waals surface area contributed by atoms with Gasteiger partial charge in [0.15, 0.2) is 0 Å². The Morgan fingerprint density at radius 3 is 2.56 bits per heavy atom. The van der Waals surface area contributed by atoms with Crippen molar-refractivity contribution in [2.75, 3.05) is 13.7 Å². The lowest BCUT2D eigenvalue weighted by molar-refractivity contribution is -0.0996. The third kappa shape index (κ3) is 2.19. The van der Waals surface area contributed by atoms with Gasteiger partial charge in [-0.1, -0.05) is 25.1 Å². The third-order valence-corrected chi connectivity index (χ3v) is 4.50. The summed E-state index contributed by atoms with van der Waals surface area (Å²) >= 11 is 0. The highest BCUT2D eigenvalue weighted by Crippen LogP contribution is 2.45. The van der Waals surface area contributed by atoms with Gasteiger partial charge < -0.3 is 10.1 Å². The SMILES string of the molecule is CCNC(c1cccc(C)c1C)C1(OC)CCC1. The highest BCUT2D eigenvalue weighted by atomic mass is 16.5. The summed E-state index contributed by atoms with van der Waals surface area (Å²) in [5, 5.41) is 3.64. The fraction of sp³-hybridized carbons (Fsp3) is 0.625. The zero-order valence-corrected chi connectivity index (χ0v) is 12.0. The topological polar surface area (TPSA) is 21.3 Å². The van der Waals surface area contributed by atoms with E-state index in [9.17, 15) is 0 Å². The Hall–Kier alpha value is -0.860. The Labute approximate surface area is 111 Å². The summed E-state index contributed by atoms with van der Waals surface area (Å²) in [5.74, 6) is 0. The Kier molecular flexibility index (Phi) is 4.08. The second-order valence-electron chi connectivity index (χ2n) is 5.40. The lowest BCUT2D eigenvalue weighted by atomic mass is 9.71. The van der Waals surface area contributed by atoms with E-state index < -0.39 is 0 Å². The molecule has 0 aromatic heterocycles. The number of hydrogen-bond donors (Lipinski definition) is 1. The maximum absolute atomic E-state index is 5.88. The van der Waals surface area contributed by atoms with Crippen LogP contribution in [0.25, 0.3) is 0 Å². The molecule has 1 atom stereocenters. The Bertz CT molecular complexity index is 404. The smallest absolute Gasteiger partial charge is 0.0872 e. The molecule has 18 heavy (non-hydrogen) atoms. The molecule has 1 aliphatic rings. The fourth-order valence-corrected chi connectivity index (χ4v) is 3.01. The molecule has 0 spiro atoms. The molecule has 0 radical (unpaired) electrons. The molecule has 2 heteroatoms. The zero-order valence-electron chi connectivity index (χ0n) is 12.0. The molecule has 1 aromatic carbocycles. The minimum absolute atomic E-state index is 0.00850. The van der Waals surface area contributed by atoms with E-state index in [1.165, 1.54) is 23.1 Å². The molecule has 0 saturated heterocycles. The van der Waals surface area contributed by atoms with E-state index in [-0.39, 0.29) is 5.60 Å². The number of nitrogens with one attached hydrogen (secondary N) is 1. The van der Waals surface area contributed by atoms with Gasteiger partial charge >= 0.3 is 0 Å². The summed E-state index contributed by atoms with van der Waals surface area (Å²) in [6.07, 6.45) is 3.60. The zero-order chi connectivity index (χ0) is 13.2. The maximum Gasteiger partial charge on any atom is 0.0872 e. The first-order valence-electron chi connectivity index (χ1n) is 6.99. The van der Waals surface area contributed by atoms with Crippen molar-refractivity contribution in [1.82, 2.24) is 5.32 Å². The average molecular weight is 247 g/mol. The second-order valence-corrected chi connectivity index (χ2v) is 5.40. The van der Waals surface area contributed by atoms with Crippen LogP contribution in [-0.4, -0.2) is 19.3 Å². The molecule has 1 saturated carbocycles. The molecule has 1 unspecified atom stereocenters. The normalized spacial score (nSPS) is 19.3. The minimum atomic E-state index is 0.00850. The number of ether oxygens (including phenoxy) is 1. The molecule has 1 fully saturated rings. The van der Waals surface area contributed by atoms with Gasteiger partial charge in [0, 0.05) is 7.11 Å². The highest BCUT2D eigenvalue weighted by Gasteiger charge is 2.45. The molecule has 0 aliphatic heterocycles. The molecule has 0 bridgehead atoms. The van der Waals surface area contributed by atoms with E-state index in [1.807, 2.05) is 7.11 Å². The van der Waals surface area contributed by atoms with Crippen molar-refractivity contribution >= 4 is 0 Å². The van der Waals surface area contributed by atoms with Gasteiger partial charge in [0.1, 0.15) is 0 Å². The van der Waals surface area contributed by atoms with Crippen molar-refractivity contribution in [3.8, 4) is 0 Å². The van der Waals surface area contributed by atoms with Gasteiger partial charge in [-0.15, -0.1) is 0 Å². The van der Waals surface area contributed by atoms with Gasteiger partial charge in [0.05, 0.1) is 11.6 Å².